The fourth-order valence-corrected chi connectivity index (χ4v) is 6.97. The minimum Gasteiger partial charge on any atom is -0.274 e. The molecule has 0 N–H and O–H groups in total. The fraction of sp³-hybridized carbons (Fsp3) is 0.231. The first-order chi connectivity index (χ1) is 14.4. The molecule has 0 spiro atoms. The van der Waals surface area contributed by atoms with Gasteiger partial charge in [0, 0.05) is 14.4 Å². The molecule has 0 unspecified atom stereocenters. The van der Waals surface area contributed by atoms with Crippen molar-refractivity contribution >= 4 is 40.1 Å². The molecule has 1 fully saturated rings. The molecule has 3 aromatic rings. The van der Waals surface area contributed by atoms with Crippen LogP contribution in [0.1, 0.15) is 36.1 Å². The molecule has 148 valence electrons. The highest BCUT2D eigenvalue weighted by molar-refractivity contribution is 14.1. The van der Waals surface area contributed by atoms with E-state index >= 15 is 0 Å². The normalized spacial score (nSPS) is 30.8. The van der Waals surface area contributed by atoms with Crippen molar-refractivity contribution in [2.75, 3.05) is 4.90 Å². The molecule has 1 heterocycles. The lowest BCUT2D eigenvalue weighted by atomic mass is 9.42. The van der Waals surface area contributed by atoms with Gasteiger partial charge in [0.15, 0.2) is 0 Å². The van der Waals surface area contributed by atoms with Gasteiger partial charge < -0.3 is 0 Å². The number of halogens is 1. The minimum atomic E-state index is -0.529. The Morgan fingerprint density at radius 2 is 1.13 bits per heavy atom. The Morgan fingerprint density at radius 1 is 0.700 bits per heavy atom. The molecule has 3 aromatic carbocycles. The van der Waals surface area contributed by atoms with Crippen LogP contribution in [-0.2, 0) is 20.4 Å². The van der Waals surface area contributed by atoms with Gasteiger partial charge >= 0.3 is 0 Å². The lowest BCUT2D eigenvalue weighted by Crippen LogP contribution is -2.59. The van der Waals surface area contributed by atoms with E-state index in [0.29, 0.717) is 5.69 Å². The SMILES string of the molecule is CC12c3ccccc3C(C)(c3ccccc31)[C@H]1C(=O)N(c3cccc(I)c3)C(=O)[C@@H]12. The zero-order valence-corrected chi connectivity index (χ0v) is 18.9. The Balaban J connectivity index is 1.67. The fourth-order valence-electron chi connectivity index (χ4n) is 6.44. The van der Waals surface area contributed by atoms with E-state index in [1.807, 2.05) is 48.5 Å². The van der Waals surface area contributed by atoms with Crippen LogP contribution >= 0.6 is 22.6 Å². The Bertz CT molecular complexity index is 1140. The van der Waals surface area contributed by atoms with Gasteiger partial charge in [-0.3, -0.25) is 9.59 Å². The van der Waals surface area contributed by atoms with E-state index in [2.05, 4.69) is 60.7 Å². The van der Waals surface area contributed by atoms with Crippen molar-refractivity contribution in [3.8, 4) is 0 Å². The third kappa shape index (κ3) is 1.92. The van der Waals surface area contributed by atoms with Gasteiger partial charge in [-0.15, -0.1) is 0 Å². The first kappa shape index (κ1) is 18.3. The van der Waals surface area contributed by atoms with Crippen molar-refractivity contribution < 1.29 is 9.59 Å². The maximum absolute atomic E-state index is 13.9. The first-order valence-corrected chi connectivity index (χ1v) is 11.3. The van der Waals surface area contributed by atoms with Crippen LogP contribution in [-0.4, -0.2) is 11.8 Å². The van der Waals surface area contributed by atoms with E-state index in [-0.39, 0.29) is 11.8 Å². The third-order valence-electron chi connectivity index (χ3n) is 7.71. The molecule has 3 aliphatic carbocycles. The predicted molar refractivity (Wildman–Crippen MR) is 124 cm³/mol. The number of carbonyl (C=O) groups is 2. The van der Waals surface area contributed by atoms with Crippen LogP contribution in [0.3, 0.4) is 0 Å². The van der Waals surface area contributed by atoms with Crippen molar-refractivity contribution in [2.24, 2.45) is 11.8 Å². The zero-order valence-electron chi connectivity index (χ0n) is 16.7. The quantitative estimate of drug-likeness (QED) is 0.344. The molecule has 0 saturated carbocycles. The van der Waals surface area contributed by atoms with Crippen LogP contribution in [0, 0.1) is 15.4 Å². The third-order valence-corrected chi connectivity index (χ3v) is 8.38. The van der Waals surface area contributed by atoms with E-state index in [0.717, 1.165) is 3.57 Å². The van der Waals surface area contributed by atoms with Crippen molar-refractivity contribution in [2.45, 2.75) is 24.7 Å². The summed E-state index contributed by atoms with van der Waals surface area (Å²) < 4.78 is 1.01. The molecule has 0 radical (unpaired) electrons. The van der Waals surface area contributed by atoms with Crippen LogP contribution < -0.4 is 4.90 Å². The molecule has 1 saturated heterocycles. The van der Waals surface area contributed by atoms with Crippen molar-refractivity contribution in [3.05, 3.63) is 98.6 Å². The monoisotopic (exact) mass is 505 g/mol. The van der Waals surface area contributed by atoms with Crippen molar-refractivity contribution in [1.29, 1.82) is 0 Å². The van der Waals surface area contributed by atoms with Crippen LogP contribution in [0.2, 0.25) is 0 Å². The molecule has 2 bridgehead atoms. The second-order valence-corrected chi connectivity index (χ2v) is 10.2. The van der Waals surface area contributed by atoms with Crippen LogP contribution in [0.25, 0.3) is 0 Å². The number of carbonyl (C=O) groups excluding carboxylic acids is 2. The Kier molecular flexibility index (Phi) is 3.55. The second kappa shape index (κ2) is 5.82. The van der Waals surface area contributed by atoms with Crippen LogP contribution in [0.15, 0.2) is 72.8 Å². The average molecular weight is 505 g/mol. The standard InChI is InChI=1S/C26H20INO2/c1-25-17-10-3-5-12-19(17)26(2,20-13-6-4-11-18(20)25)22-21(25)23(29)28(24(22)30)16-9-7-8-15(27)14-16/h3-14,21-22H,1-2H3/t21-,22-,25?,26?/m1/s1. The molecule has 2 atom stereocenters. The van der Waals surface area contributed by atoms with E-state index in [4.69, 9.17) is 0 Å². The number of nitrogens with zero attached hydrogens (tertiary/aromatic N) is 1. The lowest BCUT2D eigenvalue weighted by Gasteiger charge is -2.57. The number of benzene rings is 3. The van der Waals surface area contributed by atoms with Gasteiger partial charge in [-0.2, -0.15) is 0 Å². The maximum atomic E-state index is 13.9. The average Bonchev–Trinajstić information content (AvgIpc) is 3.03. The van der Waals surface area contributed by atoms with Crippen LogP contribution in [0.4, 0.5) is 5.69 Å². The van der Waals surface area contributed by atoms with Crippen LogP contribution in [0.5, 0.6) is 0 Å². The van der Waals surface area contributed by atoms with Crippen molar-refractivity contribution in [3.63, 3.8) is 0 Å². The Hall–Kier alpha value is -2.47. The number of hydrogen-bond acceptors (Lipinski definition) is 2. The highest BCUT2D eigenvalue weighted by atomic mass is 127. The predicted octanol–water partition coefficient (Wildman–Crippen LogP) is 5.04. The molecule has 1 aliphatic heterocycles. The lowest BCUT2D eigenvalue weighted by molar-refractivity contribution is -0.124. The van der Waals surface area contributed by atoms with Crippen molar-refractivity contribution in [1.82, 2.24) is 0 Å². The largest absolute Gasteiger partial charge is 0.274 e. The topological polar surface area (TPSA) is 37.4 Å². The summed E-state index contributed by atoms with van der Waals surface area (Å²) >= 11 is 2.22. The summed E-state index contributed by atoms with van der Waals surface area (Å²) in [7, 11) is 0. The molecule has 4 aliphatic rings. The van der Waals surface area contributed by atoms with E-state index in [1.165, 1.54) is 27.2 Å². The van der Waals surface area contributed by atoms with E-state index in [1.54, 1.807) is 0 Å². The number of imide groups is 1. The molecule has 3 nitrogen and oxygen atoms in total. The molecule has 7 rings (SSSR count). The van der Waals surface area contributed by atoms with Gasteiger partial charge in [-0.05, 0) is 63.0 Å². The van der Waals surface area contributed by atoms with Gasteiger partial charge in [0.2, 0.25) is 11.8 Å². The molecule has 30 heavy (non-hydrogen) atoms. The number of rotatable bonds is 1. The zero-order chi connectivity index (χ0) is 20.8. The highest BCUT2D eigenvalue weighted by Gasteiger charge is 2.70. The molecular weight excluding hydrogens is 485 g/mol. The van der Waals surface area contributed by atoms with E-state index < -0.39 is 22.7 Å². The summed E-state index contributed by atoms with van der Waals surface area (Å²) in [5.74, 6) is -0.968. The van der Waals surface area contributed by atoms with Gasteiger partial charge in [0.05, 0.1) is 17.5 Å². The number of anilines is 1. The summed E-state index contributed by atoms with van der Waals surface area (Å²) in [6.07, 6.45) is 0. The number of amides is 2. The van der Waals surface area contributed by atoms with Gasteiger partial charge in [-0.1, -0.05) is 68.4 Å². The molecule has 4 heteroatoms. The summed E-state index contributed by atoms with van der Waals surface area (Å²) in [4.78, 5) is 29.3. The second-order valence-electron chi connectivity index (χ2n) is 8.94. The summed E-state index contributed by atoms with van der Waals surface area (Å²) in [5, 5.41) is 0. The summed E-state index contributed by atoms with van der Waals surface area (Å²) in [6, 6.07) is 24.4. The first-order valence-electron chi connectivity index (χ1n) is 10.2. The van der Waals surface area contributed by atoms with Gasteiger partial charge in [-0.25, -0.2) is 4.90 Å². The Labute approximate surface area is 189 Å². The minimum absolute atomic E-state index is 0.0790. The molecule has 2 amide bonds. The van der Waals surface area contributed by atoms with Gasteiger partial charge in [0.1, 0.15) is 0 Å². The molecule has 0 aromatic heterocycles. The highest BCUT2D eigenvalue weighted by Crippen LogP contribution is 2.66. The smallest absolute Gasteiger partial charge is 0.238 e. The Morgan fingerprint density at radius 3 is 1.53 bits per heavy atom. The summed E-state index contributed by atoms with van der Waals surface area (Å²) in [5.41, 5.74) is 4.33. The molecular formula is C26H20INO2. The summed E-state index contributed by atoms with van der Waals surface area (Å²) in [6.45, 7) is 4.31. The van der Waals surface area contributed by atoms with Gasteiger partial charge in [0.25, 0.3) is 0 Å². The maximum Gasteiger partial charge on any atom is 0.238 e. The van der Waals surface area contributed by atoms with E-state index in [9.17, 15) is 9.59 Å². The number of hydrogen-bond donors (Lipinski definition) is 0.